The Bertz CT molecular complexity index is 251. The van der Waals surface area contributed by atoms with Crippen LogP contribution in [0.1, 0.15) is 58.3 Å². The molecule has 0 aromatic heterocycles. The van der Waals surface area contributed by atoms with Crippen LogP contribution in [0.2, 0.25) is 0 Å². The predicted molar refractivity (Wildman–Crippen MR) is 80.4 cm³/mol. The lowest BCUT2D eigenvalue weighted by atomic mass is 9.83. The van der Waals surface area contributed by atoms with E-state index in [0.717, 1.165) is 6.54 Å². The average molecular weight is 318 g/mol. The average Bonchev–Trinajstić information content (AvgIpc) is 2.70. The zero-order valence-corrected chi connectivity index (χ0v) is 13.5. The summed E-state index contributed by atoms with van der Waals surface area (Å²) in [5, 5.41) is 0. The van der Waals surface area contributed by atoms with Gasteiger partial charge in [-0.2, -0.15) is 0 Å². The molecule has 1 aliphatic carbocycles. The summed E-state index contributed by atoms with van der Waals surface area (Å²) in [5.41, 5.74) is 0.284. The predicted octanol–water partition coefficient (Wildman–Crippen LogP) is 3.97. The number of alkyl halides is 1. The van der Waals surface area contributed by atoms with Crippen LogP contribution in [-0.2, 0) is 4.74 Å². The molecule has 18 heavy (non-hydrogen) atoms. The van der Waals surface area contributed by atoms with Crippen molar-refractivity contribution < 1.29 is 4.74 Å². The van der Waals surface area contributed by atoms with Crippen LogP contribution in [0.25, 0.3) is 0 Å². The van der Waals surface area contributed by atoms with Crippen LogP contribution >= 0.6 is 15.9 Å². The van der Waals surface area contributed by atoms with E-state index >= 15 is 0 Å². The van der Waals surface area contributed by atoms with Gasteiger partial charge in [0.05, 0.1) is 11.7 Å². The normalized spacial score (nSPS) is 29.0. The van der Waals surface area contributed by atoms with Crippen molar-refractivity contribution >= 4 is 15.9 Å². The molecule has 0 radical (unpaired) electrons. The lowest BCUT2D eigenvalue weighted by Crippen LogP contribution is -2.35. The van der Waals surface area contributed by atoms with Gasteiger partial charge in [-0.15, -0.1) is 0 Å². The molecule has 3 heteroatoms. The van der Waals surface area contributed by atoms with Crippen molar-refractivity contribution in [2.75, 3.05) is 20.1 Å². The fourth-order valence-electron chi connectivity index (χ4n) is 3.43. The smallest absolute Gasteiger partial charge is 0.0710 e. The Morgan fingerprint density at radius 2 is 2.00 bits per heavy atom. The summed E-state index contributed by atoms with van der Waals surface area (Å²) in [5.74, 6) is 0. The molecule has 2 atom stereocenters. The molecule has 106 valence electrons. The summed E-state index contributed by atoms with van der Waals surface area (Å²) < 4.78 is 6.41. The maximum atomic E-state index is 6.41. The molecule has 1 spiro atoms. The van der Waals surface area contributed by atoms with E-state index in [-0.39, 0.29) is 5.60 Å². The Morgan fingerprint density at radius 1 is 1.28 bits per heavy atom. The van der Waals surface area contributed by atoms with E-state index in [2.05, 4.69) is 34.8 Å². The summed E-state index contributed by atoms with van der Waals surface area (Å²) in [4.78, 5) is 3.05. The second-order valence-corrected chi connectivity index (χ2v) is 7.92. The Hall–Kier alpha value is 0.400. The van der Waals surface area contributed by atoms with E-state index in [1.165, 1.54) is 57.9 Å². The highest BCUT2D eigenvalue weighted by molar-refractivity contribution is 9.09. The van der Waals surface area contributed by atoms with Crippen LogP contribution in [0, 0.1) is 0 Å². The fourth-order valence-corrected chi connectivity index (χ4v) is 3.63. The number of ether oxygens (including phenoxy) is 1. The Labute approximate surface area is 121 Å². The molecule has 0 N–H and O–H groups in total. The minimum atomic E-state index is 0.284. The molecule has 1 heterocycles. The first kappa shape index (κ1) is 14.8. The molecule has 2 rings (SSSR count). The molecule has 1 saturated heterocycles. The number of nitrogens with zero attached hydrogens (tertiary/aromatic N) is 1. The SMILES string of the molecule is CC(Br)CCN(C)CC1CCC2(CCCCC2)O1. The zero-order chi connectivity index (χ0) is 13.0. The minimum absolute atomic E-state index is 0.284. The summed E-state index contributed by atoms with van der Waals surface area (Å²) in [6.45, 7) is 4.50. The van der Waals surface area contributed by atoms with E-state index in [1.54, 1.807) is 0 Å². The van der Waals surface area contributed by atoms with Crippen molar-refractivity contribution in [3.05, 3.63) is 0 Å². The van der Waals surface area contributed by atoms with Crippen LogP contribution < -0.4 is 0 Å². The highest BCUT2D eigenvalue weighted by Gasteiger charge is 2.40. The maximum Gasteiger partial charge on any atom is 0.0710 e. The Balaban J connectivity index is 1.71. The molecule has 0 aromatic rings. The molecule has 2 nitrogen and oxygen atoms in total. The first-order valence-corrected chi connectivity index (χ1v) is 8.52. The van der Waals surface area contributed by atoms with Crippen molar-refractivity contribution in [3.8, 4) is 0 Å². The zero-order valence-electron chi connectivity index (χ0n) is 12.0. The molecule has 0 amide bonds. The van der Waals surface area contributed by atoms with Crippen LogP contribution in [0.4, 0.5) is 0 Å². The maximum absolute atomic E-state index is 6.41. The molecule has 1 saturated carbocycles. The van der Waals surface area contributed by atoms with E-state index < -0.39 is 0 Å². The molecule has 2 fully saturated rings. The standard InChI is InChI=1S/C15H28BrNO/c1-13(16)7-11-17(2)12-14-6-10-15(18-14)8-4-3-5-9-15/h13-14H,3-12H2,1-2H3. The van der Waals surface area contributed by atoms with Gasteiger partial charge in [0.25, 0.3) is 0 Å². The van der Waals surface area contributed by atoms with Crippen molar-refractivity contribution in [1.29, 1.82) is 0 Å². The van der Waals surface area contributed by atoms with Crippen LogP contribution in [-0.4, -0.2) is 41.6 Å². The van der Waals surface area contributed by atoms with Gasteiger partial charge in [-0.3, -0.25) is 0 Å². The van der Waals surface area contributed by atoms with E-state index in [9.17, 15) is 0 Å². The van der Waals surface area contributed by atoms with Gasteiger partial charge in [-0.1, -0.05) is 42.1 Å². The molecular formula is C15H28BrNO. The highest BCUT2D eigenvalue weighted by Crippen LogP contribution is 2.41. The largest absolute Gasteiger partial charge is 0.370 e. The lowest BCUT2D eigenvalue weighted by Gasteiger charge is -2.34. The Morgan fingerprint density at radius 3 is 2.67 bits per heavy atom. The van der Waals surface area contributed by atoms with Gasteiger partial charge < -0.3 is 9.64 Å². The highest BCUT2D eigenvalue weighted by atomic mass is 79.9. The molecule has 1 aliphatic heterocycles. The lowest BCUT2D eigenvalue weighted by molar-refractivity contribution is -0.0701. The second-order valence-electron chi connectivity index (χ2n) is 6.35. The second kappa shape index (κ2) is 6.71. The number of rotatable bonds is 5. The Kier molecular flexibility index (Phi) is 5.52. The van der Waals surface area contributed by atoms with Gasteiger partial charge >= 0.3 is 0 Å². The van der Waals surface area contributed by atoms with Crippen molar-refractivity contribution in [2.24, 2.45) is 0 Å². The van der Waals surface area contributed by atoms with Crippen LogP contribution in [0.5, 0.6) is 0 Å². The first-order chi connectivity index (χ1) is 8.60. The monoisotopic (exact) mass is 317 g/mol. The number of likely N-dealkylation sites (N-methyl/N-ethyl adjacent to an activating group) is 1. The molecule has 2 aliphatic rings. The minimum Gasteiger partial charge on any atom is -0.370 e. The number of hydrogen-bond acceptors (Lipinski definition) is 2. The quantitative estimate of drug-likeness (QED) is 0.711. The van der Waals surface area contributed by atoms with Crippen molar-refractivity contribution in [3.63, 3.8) is 0 Å². The van der Waals surface area contributed by atoms with Crippen molar-refractivity contribution in [2.45, 2.75) is 74.8 Å². The number of hydrogen-bond donors (Lipinski definition) is 0. The summed E-state index contributed by atoms with van der Waals surface area (Å²) in [7, 11) is 2.23. The van der Waals surface area contributed by atoms with Crippen LogP contribution in [0.15, 0.2) is 0 Å². The third-order valence-electron chi connectivity index (χ3n) is 4.53. The molecule has 2 unspecified atom stereocenters. The third-order valence-corrected chi connectivity index (χ3v) is 4.99. The van der Waals surface area contributed by atoms with E-state index in [1.807, 2.05) is 0 Å². The summed E-state index contributed by atoms with van der Waals surface area (Å²) in [6, 6.07) is 0. The molecule has 0 bridgehead atoms. The first-order valence-electron chi connectivity index (χ1n) is 7.60. The fraction of sp³-hybridized carbons (Fsp3) is 1.00. The van der Waals surface area contributed by atoms with Gasteiger partial charge in [0.15, 0.2) is 0 Å². The van der Waals surface area contributed by atoms with Gasteiger partial charge in [-0.05, 0) is 45.7 Å². The van der Waals surface area contributed by atoms with E-state index in [4.69, 9.17) is 4.74 Å². The third kappa shape index (κ3) is 4.21. The van der Waals surface area contributed by atoms with Crippen LogP contribution in [0.3, 0.4) is 0 Å². The van der Waals surface area contributed by atoms with Crippen molar-refractivity contribution in [1.82, 2.24) is 4.90 Å². The van der Waals surface area contributed by atoms with E-state index in [0.29, 0.717) is 10.9 Å². The molecular weight excluding hydrogens is 290 g/mol. The van der Waals surface area contributed by atoms with Gasteiger partial charge in [0.1, 0.15) is 0 Å². The van der Waals surface area contributed by atoms with Gasteiger partial charge in [-0.25, -0.2) is 0 Å². The van der Waals surface area contributed by atoms with Gasteiger partial charge in [0.2, 0.25) is 0 Å². The summed E-state index contributed by atoms with van der Waals surface area (Å²) >= 11 is 3.62. The molecule has 0 aromatic carbocycles. The summed E-state index contributed by atoms with van der Waals surface area (Å²) in [6.07, 6.45) is 11.1. The topological polar surface area (TPSA) is 12.5 Å². The van der Waals surface area contributed by atoms with Gasteiger partial charge in [0, 0.05) is 11.4 Å². The number of halogens is 1.